The van der Waals surface area contributed by atoms with Gasteiger partial charge in [-0.2, -0.15) is 0 Å². The number of aliphatic hydroxyl groups excluding tert-OH is 12. The van der Waals surface area contributed by atoms with Crippen molar-refractivity contribution in [1.82, 2.24) is 74.4 Å². The Hall–Kier alpha value is -8.85. The Bertz CT molecular complexity index is 4140. The molecule has 4 heterocycles. The Morgan fingerprint density at radius 1 is 0.376 bits per heavy atom. The summed E-state index contributed by atoms with van der Waals surface area (Å²) in [7, 11) is 1.14. The van der Waals surface area contributed by atoms with E-state index in [1.54, 1.807) is 0 Å². The minimum atomic E-state index is -3.64. The number of carbonyl (C=O) groups is 15. The maximum Gasteiger partial charge on any atom is 0.305 e. The highest BCUT2D eigenvalue weighted by Gasteiger charge is 2.50. The topological polar surface area (TPSA) is 812 Å². The zero-order chi connectivity index (χ0) is 110. The van der Waals surface area contributed by atoms with Crippen LogP contribution in [0.4, 0.5) is 0 Å². The number of carboxylic acids is 1. The number of amides is 14. The molecule has 54 nitrogen and oxygen atoms in total. The first-order valence-corrected chi connectivity index (χ1v) is 53.6. The lowest BCUT2D eigenvalue weighted by Crippen LogP contribution is -2.64. The molecule has 149 heavy (non-hydrogen) atoms. The van der Waals surface area contributed by atoms with Gasteiger partial charge in [0.25, 0.3) is 11.8 Å². The summed E-state index contributed by atoms with van der Waals surface area (Å²) in [6, 6.07) is -3.30. The average Bonchev–Trinajstić information content (AvgIpc) is 0.824. The van der Waals surface area contributed by atoms with Gasteiger partial charge in [0.1, 0.15) is 129 Å². The number of hydrogen-bond acceptors (Lipinski definition) is 41. The summed E-state index contributed by atoms with van der Waals surface area (Å²) in [5.41, 5.74) is -0.285. The van der Waals surface area contributed by atoms with Gasteiger partial charge in [-0.1, -0.05) is 18.2 Å². The lowest BCUT2D eigenvalue weighted by molar-refractivity contribution is -0.270. The van der Waals surface area contributed by atoms with Crippen molar-refractivity contribution in [2.75, 3.05) is 131 Å². The number of rotatable bonds is 74. The molecule has 1 aromatic rings. The second kappa shape index (κ2) is 71.9. The van der Waals surface area contributed by atoms with E-state index in [2.05, 4.69) is 79.0 Å². The first-order valence-electron chi connectivity index (χ1n) is 50.0. The van der Waals surface area contributed by atoms with Gasteiger partial charge in [0.05, 0.1) is 51.2 Å². The largest absolute Gasteiger partial charge is 0.780 e. The molecule has 24 atom stereocenters. The van der Waals surface area contributed by atoms with E-state index >= 15 is 0 Å². The quantitative estimate of drug-likeness (QED) is 0.0213. The molecular formula is C92H154N14O40PS2-. The molecule has 4 fully saturated rings. The molecule has 0 bridgehead atoms. The highest BCUT2D eigenvalue weighted by molar-refractivity contribution is 8.06. The van der Waals surface area contributed by atoms with Crippen LogP contribution in [0, 0.1) is 0 Å². The predicted octanol–water partition coefficient (Wildman–Crippen LogP) is -8.17. The van der Waals surface area contributed by atoms with Gasteiger partial charge in [-0.3, -0.25) is 71.9 Å². The highest BCUT2D eigenvalue weighted by atomic mass is 32.5. The van der Waals surface area contributed by atoms with E-state index in [-0.39, 0.29) is 210 Å². The van der Waals surface area contributed by atoms with E-state index in [4.69, 9.17) is 59.0 Å². The van der Waals surface area contributed by atoms with Crippen LogP contribution < -0.4 is 84.1 Å². The predicted molar refractivity (Wildman–Crippen MR) is 526 cm³/mol. The summed E-state index contributed by atoms with van der Waals surface area (Å²) in [5, 5.41) is 169. The van der Waals surface area contributed by atoms with Crippen molar-refractivity contribution >= 4 is 119 Å². The van der Waals surface area contributed by atoms with Crippen LogP contribution in [0.15, 0.2) is 18.2 Å². The number of benzene rings is 1. The number of nitrogens with one attached hydrogen (secondary N) is 14. The smallest absolute Gasteiger partial charge is 0.305 e. The SMILES string of the molecule is COP([O-])(=S)OCCCSC(CC(=O)O)C(=O)NCCCCCC(=O)NCCOc1cc(C(=O)NCCNC(=O)[C@H](CCCCNC(=O)CCCCOC2OC(CO)C(O)C(O)C2NC(C)=O)NC(=O)CCCCOC2OC(CO)C(O)C(O)C2NC(C)=O)cc(C(=O)NCCNC(=O)[C@H](CCCCNC(=O)CCCCOC2OC(CO)C(O)C(O)C2NC(C)=O)NC(=O)CCCCOC2OC(CO)C(O)C(O)C2NC(C)=O)c1. The van der Waals surface area contributed by atoms with Crippen LogP contribution >= 0.6 is 18.5 Å². The Kier molecular flexibility index (Phi) is 63.0. The first kappa shape index (κ1) is 131. The number of aliphatic hydroxyl groups is 12. The molecule has 0 aromatic heterocycles. The first-order chi connectivity index (χ1) is 71.0. The van der Waals surface area contributed by atoms with Gasteiger partial charge in [0, 0.05) is 150 Å². The van der Waals surface area contributed by atoms with Gasteiger partial charge in [-0.25, -0.2) is 0 Å². The van der Waals surface area contributed by atoms with Crippen molar-refractivity contribution < 1.29 is 195 Å². The monoisotopic (exact) mass is 2190 g/mol. The van der Waals surface area contributed by atoms with Crippen LogP contribution in [0.25, 0.3) is 0 Å². The third-order valence-electron chi connectivity index (χ3n) is 23.8. The molecule has 4 aliphatic rings. The standard InChI is InChI=1S/C92H155N14O40PS2/c1-52(111)101-72-80(126)76(122)61(48-107)143-89(72)138-37-17-10-25-66(115)93-29-15-8-22-59(105-69(118)27-12-19-39-140-91-74(103-54(3)113)82(128)78(124)63(50-109)145-91)86(132)99-34-32-97-84(130)56-44-57(46-58(45-56)137-42-36-95-68(117)24-7-6-14-31-96-88(134)65(47-71(120)121)149-43-21-41-142-147(135,148)136-5)85(131)98-33-35-100-87(133)60(106-70(119)28-13-20-40-141-92-75(104-55(4)114)83(129)79(125)64(51-110)146-92)23-9-16-30-94-67(116)26-11-18-38-139-90-73(102-53(2)112)81(127)77(123)62(49-108)144-90/h44-46,59-65,72-83,89-92,107-110,122-129H,6-43,47-51H2,1-5H3,(H,93,115)(H,94,116)(H,95,117)(H,96,134)(H,97,130)(H,98,131)(H,99,132)(H,100,133)(H,101,111)(H,102,112)(H,103,113)(H,104,114)(H,105,118)(H,106,119)(H,120,121)(H,135,148)/p-1/t59-,60-,61?,62?,63?,64?,65?,72?,73?,74?,75?,76?,77?,78?,79?,80?,81?,82?,83?,89?,90?,91?,92?,147?/m0/s1. The summed E-state index contributed by atoms with van der Waals surface area (Å²) >= 11 is 5.77. The Labute approximate surface area is 872 Å². The summed E-state index contributed by atoms with van der Waals surface area (Å²) in [5.74, 6) is -8.77. The van der Waals surface area contributed by atoms with Gasteiger partial charge in [0.15, 0.2) is 25.2 Å². The lowest BCUT2D eigenvalue weighted by Gasteiger charge is -2.42. The summed E-state index contributed by atoms with van der Waals surface area (Å²) in [6.45, 7) is -2.53. The molecule has 27 N–H and O–H groups in total. The van der Waals surface area contributed by atoms with Gasteiger partial charge in [0.2, 0.25) is 70.9 Å². The number of carbonyl (C=O) groups excluding carboxylic acids is 14. The molecule has 5 rings (SSSR count). The Morgan fingerprint density at radius 3 is 1.03 bits per heavy atom. The molecule has 850 valence electrons. The van der Waals surface area contributed by atoms with Gasteiger partial charge in [-0.15, -0.1) is 11.8 Å². The average molecular weight is 2190 g/mol. The number of hydrogen-bond donors (Lipinski definition) is 27. The van der Waals surface area contributed by atoms with E-state index < -0.39 is 250 Å². The van der Waals surface area contributed by atoms with Crippen LogP contribution in [0.5, 0.6) is 5.75 Å². The zero-order valence-electron chi connectivity index (χ0n) is 84.5. The van der Waals surface area contributed by atoms with Crippen molar-refractivity contribution in [3.05, 3.63) is 29.3 Å². The molecule has 0 spiro atoms. The van der Waals surface area contributed by atoms with Gasteiger partial charge < -0.3 is 197 Å². The highest BCUT2D eigenvalue weighted by Crippen LogP contribution is 2.38. The van der Waals surface area contributed by atoms with Crippen molar-refractivity contribution in [3.63, 3.8) is 0 Å². The van der Waals surface area contributed by atoms with E-state index in [1.165, 1.54) is 45.9 Å². The maximum absolute atomic E-state index is 14.2. The van der Waals surface area contributed by atoms with Crippen molar-refractivity contribution in [3.8, 4) is 5.75 Å². The van der Waals surface area contributed by atoms with Crippen LogP contribution in [0.2, 0.25) is 0 Å². The van der Waals surface area contributed by atoms with Gasteiger partial charge >= 0.3 is 5.97 Å². The number of thioether (sulfide) groups is 1. The third-order valence-corrected chi connectivity index (χ3v) is 26.8. The summed E-state index contributed by atoms with van der Waals surface area (Å²) in [4.78, 5) is 207. The molecule has 4 aliphatic heterocycles. The summed E-state index contributed by atoms with van der Waals surface area (Å²) in [6.07, 6.45) is -18.0. The fourth-order valence-electron chi connectivity index (χ4n) is 15.8. The molecule has 0 radical (unpaired) electrons. The molecule has 4 saturated heterocycles. The Balaban J connectivity index is 1.26. The van der Waals surface area contributed by atoms with E-state index in [9.17, 15) is 143 Å². The molecule has 22 unspecified atom stereocenters. The van der Waals surface area contributed by atoms with Crippen molar-refractivity contribution in [2.45, 2.75) is 322 Å². The van der Waals surface area contributed by atoms with E-state index in [1.807, 2.05) is 0 Å². The normalized spacial score (nSPS) is 24.6. The maximum atomic E-state index is 14.2. The minimum Gasteiger partial charge on any atom is -0.780 e. The lowest BCUT2D eigenvalue weighted by atomic mass is 9.97. The Morgan fingerprint density at radius 2 is 0.691 bits per heavy atom. The molecular weight excluding hydrogens is 2040 g/mol. The van der Waals surface area contributed by atoms with Crippen LogP contribution in [-0.2, 0) is 121 Å². The molecule has 14 amide bonds. The van der Waals surface area contributed by atoms with Crippen LogP contribution in [0.1, 0.15) is 203 Å². The van der Waals surface area contributed by atoms with Gasteiger partial charge in [-0.05, 0) is 133 Å². The number of unbranched alkanes of at least 4 members (excludes halogenated alkanes) is 8. The van der Waals surface area contributed by atoms with Crippen molar-refractivity contribution in [2.24, 2.45) is 0 Å². The second-order valence-electron chi connectivity index (χ2n) is 35.9. The molecule has 57 heteroatoms. The molecule has 0 saturated carbocycles. The molecule has 1 aromatic carbocycles. The molecule has 0 aliphatic carbocycles. The van der Waals surface area contributed by atoms with E-state index in [0.717, 1.165) is 18.9 Å². The second-order valence-corrected chi connectivity index (χ2v) is 40.1. The van der Waals surface area contributed by atoms with Crippen LogP contribution in [0.3, 0.4) is 0 Å². The fourth-order valence-corrected chi connectivity index (χ4v) is 17.6. The van der Waals surface area contributed by atoms with Crippen molar-refractivity contribution in [1.29, 1.82) is 0 Å². The zero-order valence-corrected chi connectivity index (χ0v) is 87.0. The number of aliphatic carboxylic acids is 1. The summed E-state index contributed by atoms with van der Waals surface area (Å²) < 4.78 is 61.1. The minimum absolute atomic E-state index is 0.00594. The fraction of sp³-hybridized carbons (Fsp3) is 0.772. The number of carboxylic acid groups (broad SMARTS) is 1. The number of ether oxygens (including phenoxy) is 9. The van der Waals surface area contributed by atoms with E-state index in [0.29, 0.717) is 70.0 Å². The third kappa shape index (κ3) is 49.8. The van der Waals surface area contributed by atoms with Crippen LogP contribution in [-0.4, -0.2) is 426 Å².